The van der Waals surface area contributed by atoms with Crippen LogP contribution in [0.25, 0.3) is 5.57 Å². The molecule has 0 aliphatic rings. The molecule has 2 aromatic carbocycles. The second-order valence-electron chi connectivity index (χ2n) is 6.08. The molecule has 0 radical (unpaired) electrons. The number of nitrogens with zero attached hydrogens (tertiary/aromatic N) is 2. The first kappa shape index (κ1) is 20.5. The van der Waals surface area contributed by atoms with Gasteiger partial charge in [0, 0.05) is 36.2 Å². The molecule has 0 amide bonds. The van der Waals surface area contributed by atoms with Crippen molar-refractivity contribution in [3.05, 3.63) is 113 Å². The Balaban J connectivity index is 1.78. The lowest BCUT2D eigenvalue weighted by Gasteiger charge is -2.08. The van der Waals surface area contributed by atoms with Crippen LogP contribution in [-0.2, 0) is 4.79 Å². The molecule has 1 aromatic heterocycles. The van der Waals surface area contributed by atoms with Crippen LogP contribution in [-0.4, -0.2) is 23.0 Å². The van der Waals surface area contributed by atoms with Crippen molar-refractivity contribution in [2.45, 2.75) is 0 Å². The summed E-state index contributed by atoms with van der Waals surface area (Å²) in [6.45, 7) is 0. The highest BCUT2D eigenvalue weighted by molar-refractivity contribution is 5.86. The highest BCUT2D eigenvalue weighted by atomic mass is 16.6. The second-order valence-corrected chi connectivity index (χ2v) is 6.08. The van der Waals surface area contributed by atoms with E-state index in [2.05, 4.69) is 4.98 Å². The molecule has 1 heterocycles. The number of ether oxygens (including phenoxy) is 2. The van der Waals surface area contributed by atoms with Crippen LogP contribution in [0.5, 0.6) is 11.5 Å². The van der Waals surface area contributed by atoms with Crippen LogP contribution in [0.4, 0.5) is 5.69 Å². The molecule has 150 valence electrons. The van der Waals surface area contributed by atoms with Crippen molar-refractivity contribution < 1.29 is 19.2 Å². The van der Waals surface area contributed by atoms with Crippen molar-refractivity contribution >= 4 is 17.2 Å². The van der Waals surface area contributed by atoms with Crippen LogP contribution in [0.1, 0.15) is 11.1 Å². The van der Waals surface area contributed by atoms with Crippen LogP contribution >= 0.6 is 0 Å². The number of carbonyl (C=O) groups excluding carboxylic acids is 1. The summed E-state index contributed by atoms with van der Waals surface area (Å²) in [4.78, 5) is 26.4. The van der Waals surface area contributed by atoms with Crippen LogP contribution in [0.15, 0.2) is 91.3 Å². The monoisotopic (exact) mass is 402 g/mol. The molecule has 0 N–H and O–H groups in total. The van der Waals surface area contributed by atoms with Crippen molar-refractivity contribution in [1.82, 2.24) is 4.98 Å². The molecule has 0 saturated carbocycles. The number of hydrogen-bond donors (Lipinski definition) is 0. The van der Waals surface area contributed by atoms with Crippen molar-refractivity contribution in [1.29, 1.82) is 0 Å². The minimum absolute atomic E-state index is 0.0751. The Morgan fingerprint density at radius 1 is 1.00 bits per heavy atom. The zero-order chi connectivity index (χ0) is 21.3. The van der Waals surface area contributed by atoms with Gasteiger partial charge in [-0.3, -0.25) is 15.1 Å². The normalized spacial score (nSPS) is 11.3. The van der Waals surface area contributed by atoms with Crippen LogP contribution in [0.2, 0.25) is 0 Å². The van der Waals surface area contributed by atoms with E-state index in [4.69, 9.17) is 9.47 Å². The molecule has 3 rings (SSSR count). The summed E-state index contributed by atoms with van der Waals surface area (Å²) >= 11 is 0. The van der Waals surface area contributed by atoms with Gasteiger partial charge in [0.1, 0.15) is 11.5 Å². The molecule has 7 heteroatoms. The minimum atomic E-state index is -0.597. The van der Waals surface area contributed by atoms with E-state index in [-0.39, 0.29) is 11.4 Å². The fourth-order valence-electron chi connectivity index (χ4n) is 2.66. The number of esters is 1. The molecule has 0 fully saturated rings. The molecule has 0 aliphatic carbocycles. The molecule has 3 aromatic rings. The summed E-state index contributed by atoms with van der Waals surface area (Å²) in [5, 5.41) is 10.7. The molecule has 0 aliphatic heterocycles. The van der Waals surface area contributed by atoms with Crippen molar-refractivity contribution in [3.63, 3.8) is 0 Å². The van der Waals surface area contributed by atoms with Crippen LogP contribution < -0.4 is 9.47 Å². The predicted octanol–water partition coefficient (Wildman–Crippen LogP) is 4.59. The number of nitro benzene ring substituents is 1. The van der Waals surface area contributed by atoms with E-state index in [9.17, 15) is 14.9 Å². The third-order valence-corrected chi connectivity index (χ3v) is 4.13. The highest BCUT2D eigenvalue weighted by Crippen LogP contribution is 2.25. The number of pyridine rings is 1. The Kier molecular flexibility index (Phi) is 6.68. The highest BCUT2D eigenvalue weighted by Gasteiger charge is 2.07. The smallest absolute Gasteiger partial charge is 0.336 e. The quantitative estimate of drug-likeness (QED) is 0.143. The molecule has 30 heavy (non-hydrogen) atoms. The lowest BCUT2D eigenvalue weighted by molar-refractivity contribution is -0.384. The van der Waals surface area contributed by atoms with Gasteiger partial charge in [-0.2, -0.15) is 0 Å². The Morgan fingerprint density at radius 3 is 2.30 bits per heavy atom. The van der Waals surface area contributed by atoms with Gasteiger partial charge in [-0.1, -0.05) is 30.4 Å². The molecule has 0 unspecified atom stereocenters. The number of methoxy groups -OCH3 is 1. The summed E-state index contributed by atoms with van der Waals surface area (Å²) < 4.78 is 10.4. The van der Waals surface area contributed by atoms with E-state index >= 15 is 0 Å². The van der Waals surface area contributed by atoms with E-state index in [0.717, 1.165) is 22.4 Å². The SMILES string of the molecule is COc1ccc(C(=CC=CC(=O)Oc2ccc([N+](=O)[O-])cc2)c2cccnc2)cc1. The van der Waals surface area contributed by atoms with Gasteiger partial charge in [0.15, 0.2) is 0 Å². The first-order valence-electron chi connectivity index (χ1n) is 8.96. The third kappa shape index (κ3) is 5.39. The molecular formula is C23H18N2O5. The standard InChI is InChI=1S/C23H18N2O5/c1-29-20-11-7-17(8-12-20)22(18-4-3-15-24-16-18)5-2-6-23(26)30-21-13-9-19(10-14-21)25(27)28/h2-16H,1H3. The van der Waals surface area contributed by atoms with E-state index in [1.807, 2.05) is 36.4 Å². The number of nitro groups is 1. The first-order chi connectivity index (χ1) is 14.6. The van der Waals surface area contributed by atoms with E-state index in [1.165, 1.54) is 30.3 Å². The number of carbonyl (C=O) groups is 1. The van der Waals surface area contributed by atoms with Crippen molar-refractivity contribution in [2.75, 3.05) is 7.11 Å². The predicted molar refractivity (Wildman–Crippen MR) is 112 cm³/mol. The van der Waals surface area contributed by atoms with Gasteiger partial charge in [0.05, 0.1) is 12.0 Å². The van der Waals surface area contributed by atoms with Crippen LogP contribution in [0, 0.1) is 10.1 Å². The molecule has 0 spiro atoms. The first-order valence-corrected chi connectivity index (χ1v) is 8.96. The fraction of sp³-hybridized carbons (Fsp3) is 0.0435. The van der Waals surface area contributed by atoms with Crippen LogP contribution in [0.3, 0.4) is 0 Å². The van der Waals surface area contributed by atoms with Gasteiger partial charge < -0.3 is 9.47 Å². The number of aromatic nitrogens is 1. The largest absolute Gasteiger partial charge is 0.497 e. The average Bonchev–Trinajstić information content (AvgIpc) is 2.78. The lowest BCUT2D eigenvalue weighted by Crippen LogP contribution is -2.03. The zero-order valence-electron chi connectivity index (χ0n) is 16.1. The van der Waals surface area contributed by atoms with E-state index in [0.29, 0.717) is 0 Å². The van der Waals surface area contributed by atoms with Crippen molar-refractivity contribution in [2.24, 2.45) is 0 Å². The van der Waals surface area contributed by atoms with Gasteiger partial charge in [-0.15, -0.1) is 0 Å². The zero-order valence-corrected chi connectivity index (χ0v) is 16.1. The van der Waals surface area contributed by atoms with Gasteiger partial charge in [-0.05, 0) is 41.5 Å². The Morgan fingerprint density at radius 2 is 1.70 bits per heavy atom. The minimum Gasteiger partial charge on any atom is -0.497 e. The molecule has 7 nitrogen and oxygen atoms in total. The molecule has 0 atom stereocenters. The molecule has 0 bridgehead atoms. The van der Waals surface area contributed by atoms with Gasteiger partial charge in [0.2, 0.25) is 0 Å². The maximum atomic E-state index is 12.1. The van der Waals surface area contributed by atoms with Gasteiger partial charge in [-0.25, -0.2) is 4.79 Å². The topological polar surface area (TPSA) is 91.6 Å². The third-order valence-electron chi connectivity index (χ3n) is 4.13. The summed E-state index contributed by atoms with van der Waals surface area (Å²) in [5.41, 5.74) is 2.60. The summed E-state index contributed by atoms with van der Waals surface area (Å²) in [6.07, 6.45) is 8.07. The summed E-state index contributed by atoms with van der Waals surface area (Å²) in [7, 11) is 1.60. The number of rotatable bonds is 7. The van der Waals surface area contributed by atoms with Crippen molar-refractivity contribution in [3.8, 4) is 11.5 Å². The Labute approximate surface area is 173 Å². The number of allylic oxidation sites excluding steroid dienone is 2. The van der Waals surface area contributed by atoms with Gasteiger partial charge in [0.25, 0.3) is 5.69 Å². The Bertz CT molecular complexity index is 1070. The molecule has 0 saturated heterocycles. The summed E-state index contributed by atoms with van der Waals surface area (Å²) in [6, 6.07) is 16.6. The van der Waals surface area contributed by atoms with Gasteiger partial charge >= 0.3 is 5.97 Å². The second kappa shape index (κ2) is 9.79. The van der Waals surface area contributed by atoms with E-state index < -0.39 is 10.9 Å². The Hall–Kier alpha value is -4.26. The number of non-ortho nitro benzene ring substituents is 1. The number of hydrogen-bond acceptors (Lipinski definition) is 6. The average molecular weight is 402 g/mol. The summed E-state index contributed by atoms with van der Waals surface area (Å²) in [5.74, 6) is 0.369. The maximum Gasteiger partial charge on any atom is 0.336 e. The maximum absolute atomic E-state index is 12.1. The lowest BCUT2D eigenvalue weighted by atomic mass is 9.99. The fourth-order valence-corrected chi connectivity index (χ4v) is 2.66. The molecular weight excluding hydrogens is 384 g/mol. The number of benzene rings is 2. The van der Waals surface area contributed by atoms with E-state index in [1.54, 1.807) is 31.7 Å².